The molecular weight excluding hydrogens is 262 g/mol. The van der Waals surface area contributed by atoms with E-state index < -0.39 is 10.0 Å². The van der Waals surface area contributed by atoms with Gasteiger partial charge in [-0.1, -0.05) is 6.07 Å². The minimum atomic E-state index is -3.11. The van der Waals surface area contributed by atoms with Crippen molar-refractivity contribution in [1.29, 1.82) is 0 Å². The lowest BCUT2D eigenvalue weighted by Gasteiger charge is -2.15. The number of aryl methyl sites for hydroxylation is 2. The summed E-state index contributed by atoms with van der Waals surface area (Å²) in [4.78, 5) is 4.30. The second-order valence-electron chi connectivity index (χ2n) is 4.78. The Kier molecular flexibility index (Phi) is 5.90. The lowest BCUT2D eigenvalue weighted by Crippen LogP contribution is -2.39. The highest BCUT2D eigenvalue weighted by molar-refractivity contribution is 7.89. The molecule has 6 heteroatoms. The molecule has 0 aliphatic rings. The van der Waals surface area contributed by atoms with Crippen LogP contribution in [0.3, 0.4) is 0 Å². The summed E-state index contributed by atoms with van der Waals surface area (Å²) in [5, 5.41) is 3.28. The molecule has 108 valence electrons. The van der Waals surface area contributed by atoms with Gasteiger partial charge in [-0.2, -0.15) is 0 Å². The lowest BCUT2D eigenvalue weighted by atomic mass is 10.1. The van der Waals surface area contributed by atoms with Gasteiger partial charge in [-0.15, -0.1) is 0 Å². The van der Waals surface area contributed by atoms with Gasteiger partial charge in [-0.05, 0) is 38.8 Å². The van der Waals surface area contributed by atoms with Crippen LogP contribution in [0.2, 0.25) is 0 Å². The lowest BCUT2D eigenvalue weighted by molar-refractivity contribution is 0.524. The fourth-order valence-corrected chi connectivity index (χ4v) is 2.22. The largest absolute Gasteiger partial charge is 0.309 e. The Bertz CT molecular complexity index is 515. The number of hydrogen-bond donors (Lipinski definition) is 2. The molecular formula is C13H23N3O2S. The van der Waals surface area contributed by atoms with Crippen LogP contribution in [0.5, 0.6) is 0 Å². The van der Waals surface area contributed by atoms with E-state index in [4.69, 9.17) is 0 Å². The smallest absolute Gasteiger partial charge is 0.211 e. The SMILES string of the molecule is CCS(=O)(=O)NCC(C)NCc1cnc(C)c(C)c1. The van der Waals surface area contributed by atoms with Crippen molar-refractivity contribution in [3.63, 3.8) is 0 Å². The van der Waals surface area contributed by atoms with E-state index in [9.17, 15) is 8.42 Å². The predicted octanol–water partition coefficient (Wildman–Crippen LogP) is 1.12. The maximum Gasteiger partial charge on any atom is 0.211 e. The molecule has 1 rings (SSSR count). The Morgan fingerprint density at radius 2 is 2.05 bits per heavy atom. The molecule has 0 amide bonds. The van der Waals surface area contributed by atoms with E-state index in [0.29, 0.717) is 13.1 Å². The Balaban J connectivity index is 2.41. The van der Waals surface area contributed by atoms with Crippen molar-refractivity contribution in [3.8, 4) is 0 Å². The first-order valence-corrected chi connectivity index (χ1v) is 8.12. The molecule has 1 aromatic heterocycles. The molecule has 2 N–H and O–H groups in total. The number of nitrogens with zero attached hydrogens (tertiary/aromatic N) is 1. The van der Waals surface area contributed by atoms with E-state index in [2.05, 4.69) is 21.1 Å². The minimum absolute atomic E-state index is 0.0722. The second-order valence-corrected chi connectivity index (χ2v) is 6.88. The first-order valence-electron chi connectivity index (χ1n) is 6.47. The van der Waals surface area contributed by atoms with Gasteiger partial charge in [0.2, 0.25) is 10.0 Å². The number of aromatic nitrogens is 1. The van der Waals surface area contributed by atoms with Crippen LogP contribution in [0.4, 0.5) is 0 Å². The molecule has 0 saturated carbocycles. The molecule has 5 nitrogen and oxygen atoms in total. The van der Waals surface area contributed by atoms with Gasteiger partial charge in [0.05, 0.1) is 5.75 Å². The minimum Gasteiger partial charge on any atom is -0.309 e. The summed E-state index contributed by atoms with van der Waals surface area (Å²) in [5.74, 6) is 0.112. The number of nitrogens with one attached hydrogen (secondary N) is 2. The molecule has 19 heavy (non-hydrogen) atoms. The zero-order valence-electron chi connectivity index (χ0n) is 12.0. The molecule has 0 bridgehead atoms. The Labute approximate surface area is 115 Å². The first kappa shape index (κ1) is 16.1. The van der Waals surface area contributed by atoms with Crippen molar-refractivity contribution < 1.29 is 8.42 Å². The van der Waals surface area contributed by atoms with Crippen molar-refractivity contribution in [2.45, 2.75) is 40.3 Å². The fourth-order valence-electron chi connectivity index (χ4n) is 1.52. The van der Waals surface area contributed by atoms with E-state index in [1.54, 1.807) is 6.92 Å². The molecule has 1 atom stereocenters. The van der Waals surface area contributed by atoms with Crippen LogP contribution in [0, 0.1) is 13.8 Å². The van der Waals surface area contributed by atoms with Crippen LogP contribution in [-0.2, 0) is 16.6 Å². The molecule has 0 aliphatic carbocycles. The molecule has 0 spiro atoms. The number of pyridine rings is 1. The Morgan fingerprint density at radius 3 is 2.63 bits per heavy atom. The van der Waals surface area contributed by atoms with Gasteiger partial charge in [0.1, 0.15) is 0 Å². The first-order chi connectivity index (χ1) is 8.84. The third-order valence-corrected chi connectivity index (χ3v) is 4.41. The molecule has 0 saturated heterocycles. The zero-order valence-corrected chi connectivity index (χ0v) is 12.8. The van der Waals surface area contributed by atoms with Crippen LogP contribution in [-0.4, -0.2) is 31.7 Å². The van der Waals surface area contributed by atoms with Gasteiger partial charge in [-0.3, -0.25) is 4.98 Å². The van der Waals surface area contributed by atoms with Crippen molar-refractivity contribution in [2.24, 2.45) is 0 Å². The van der Waals surface area contributed by atoms with Crippen molar-refractivity contribution in [3.05, 3.63) is 29.1 Å². The average Bonchev–Trinajstić information content (AvgIpc) is 2.38. The van der Waals surface area contributed by atoms with Crippen LogP contribution >= 0.6 is 0 Å². The molecule has 0 aromatic carbocycles. The molecule has 0 radical (unpaired) electrons. The highest BCUT2D eigenvalue weighted by atomic mass is 32.2. The normalized spacial score (nSPS) is 13.5. The van der Waals surface area contributed by atoms with E-state index in [-0.39, 0.29) is 11.8 Å². The highest BCUT2D eigenvalue weighted by Crippen LogP contribution is 2.06. The summed E-state index contributed by atoms with van der Waals surface area (Å²) < 4.78 is 25.2. The molecule has 1 unspecified atom stereocenters. The summed E-state index contributed by atoms with van der Waals surface area (Å²) in [7, 11) is -3.11. The van der Waals surface area contributed by atoms with Gasteiger partial charge in [0.25, 0.3) is 0 Å². The third kappa shape index (κ3) is 5.67. The van der Waals surface area contributed by atoms with Gasteiger partial charge < -0.3 is 5.32 Å². The number of hydrogen-bond acceptors (Lipinski definition) is 4. The zero-order chi connectivity index (χ0) is 14.5. The van der Waals surface area contributed by atoms with Crippen LogP contribution < -0.4 is 10.0 Å². The van der Waals surface area contributed by atoms with Gasteiger partial charge in [-0.25, -0.2) is 13.1 Å². The van der Waals surface area contributed by atoms with E-state index in [0.717, 1.165) is 11.3 Å². The quantitative estimate of drug-likeness (QED) is 0.787. The maximum atomic E-state index is 11.3. The standard InChI is InChI=1S/C13H23N3O2S/c1-5-19(17,18)16-7-11(3)14-8-13-6-10(2)12(4)15-9-13/h6,9,11,14,16H,5,7-8H2,1-4H3. The van der Waals surface area contributed by atoms with E-state index >= 15 is 0 Å². The summed E-state index contributed by atoms with van der Waals surface area (Å²) in [6.45, 7) is 8.67. The van der Waals surface area contributed by atoms with Crippen LogP contribution in [0.15, 0.2) is 12.3 Å². The molecule has 0 fully saturated rings. The number of rotatable bonds is 7. The predicted molar refractivity (Wildman–Crippen MR) is 77.5 cm³/mol. The van der Waals surface area contributed by atoms with Gasteiger partial charge >= 0.3 is 0 Å². The van der Waals surface area contributed by atoms with Crippen molar-refractivity contribution in [2.75, 3.05) is 12.3 Å². The van der Waals surface area contributed by atoms with E-state index in [1.807, 2.05) is 27.0 Å². The average molecular weight is 285 g/mol. The maximum absolute atomic E-state index is 11.3. The Hall–Kier alpha value is -0.980. The molecule has 1 aromatic rings. The summed E-state index contributed by atoms with van der Waals surface area (Å²) in [5.41, 5.74) is 3.31. The second kappa shape index (κ2) is 6.98. The summed E-state index contributed by atoms with van der Waals surface area (Å²) in [6, 6.07) is 2.17. The molecule has 0 aliphatic heterocycles. The van der Waals surface area contributed by atoms with Crippen molar-refractivity contribution in [1.82, 2.24) is 15.0 Å². The number of sulfonamides is 1. The monoisotopic (exact) mass is 285 g/mol. The van der Waals surface area contributed by atoms with Gasteiger partial charge in [0, 0.05) is 31.0 Å². The van der Waals surface area contributed by atoms with Crippen molar-refractivity contribution >= 4 is 10.0 Å². The summed E-state index contributed by atoms with van der Waals surface area (Å²) >= 11 is 0. The van der Waals surface area contributed by atoms with Crippen LogP contribution in [0.25, 0.3) is 0 Å². The van der Waals surface area contributed by atoms with E-state index in [1.165, 1.54) is 5.56 Å². The topological polar surface area (TPSA) is 71.1 Å². The third-order valence-electron chi connectivity index (χ3n) is 3.04. The Morgan fingerprint density at radius 1 is 1.37 bits per heavy atom. The van der Waals surface area contributed by atoms with Gasteiger partial charge in [0.15, 0.2) is 0 Å². The summed E-state index contributed by atoms with van der Waals surface area (Å²) in [6.07, 6.45) is 1.85. The molecule has 1 heterocycles. The fraction of sp³-hybridized carbons (Fsp3) is 0.615. The highest BCUT2D eigenvalue weighted by Gasteiger charge is 2.09. The van der Waals surface area contributed by atoms with Crippen LogP contribution in [0.1, 0.15) is 30.7 Å².